The molecule has 1 N–H and O–H groups in total. The molecule has 46 heavy (non-hydrogen) atoms. The number of carboxylic acid groups (broad SMARTS) is 1. The number of methoxy groups -OCH3 is 2. The van der Waals surface area contributed by atoms with Crippen LogP contribution in [0.4, 0.5) is 10.5 Å². The summed E-state index contributed by atoms with van der Waals surface area (Å²) in [5.41, 5.74) is 2.27. The van der Waals surface area contributed by atoms with Gasteiger partial charge in [-0.1, -0.05) is 39.0 Å². The number of hydrogen-bond acceptors (Lipinski definition) is 10. The maximum absolute atomic E-state index is 12.7. The zero-order chi connectivity index (χ0) is 33.4. The highest BCUT2D eigenvalue weighted by atomic mass is 17.0. The van der Waals surface area contributed by atoms with Crippen molar-refractivity contribution in [3.63, 3.8) is 0 Å². The Morgan fingerprint density at radius 1 is 1.15 bits per heavy atom. The van der Waals surface area contributed by atoms with Crippen LogP contribution >= 0.6 is 0 Å². The molecule has 2 aliphatic heterocycles. The smallest absolute Gasteiger partial charge is 0.407 e. The first kappa shape index (κ1) is 35.1. The summed E-state index contributed by atoms with van der Waals surface area (Å²) in [5.74, 6) is 1.07. The number of piperidine rings is 1. The van der Waals surface area contributed by atoms with Gasteiger partial charge in [-0.05, 0) is 54.2 Å². The summed E-state index contributed by atoms with van der Waals surface area (Å²) in [5, 5.41) is 20.5. The minimum absolute atomic E-state index is 0.0473. The van der Waals surface area contributed by atoms with E-state index in [0.717, 1.165) is 42.1 Å². The highest BCUT2D eigenvalue weighted by molar-refractivity contribution is 5.66. The van der Waals surface area contributed by atoms with Crippen molar-refractivity contribution in [2.24, 2.45) is 5.41 Å². The molecule has 1 amide bonds. The van der Waals surface area contributed by atoms with E-state index in [-0.39, 0.29) is 19.8 Å². The van der Waals surface area contributed by atoms with Crippen molar-refractivity contribution in [3.8, 4) is 11.5 Å². The average Bonchev–Trinajstić information content (AvgIpc) is 3.01. The highest BCUT2D eigenvalue weighted by Crippen LogP contribution is 2.43. The topological polar surface area (TPSA) is 142 Å². The van der Waals surface area contributed by atoms with E-state index < -0.39 is 46.9 Å². The molecule has 2 aromatic carbocycles. The summed E-state index contributed by atoms with van der Waals surface area (Å²) in [7, 11) is 3.28. The third kappa shape index (κ3) is 8.71. The summed E-state index contributed by atoms with van der Waals surface area (Å²) >= 11 is 0. The van der Waals surface area contributed by atoms with E-state index in [1.807, 2.05) is 57.2 Å². The zero-order valence-corrected chi connectivity index (χ0v) is 27.5. The molecule has 0 bridgehead atoms. The number of nitrogens with zero attached hydrogens (tertiary/aromatic N) is 3. The Morgan fingerprint density at radius 3 is 2.52 bits per heavy atom. The van der Waals surface area contributed by atoms with Crippen molar-refractivity contribution in [2.45, 2.75) is 71.0 Å². The molecule has 1 saturated heterocycles. The predicted octanol–water partition coefficient (Wildman–Crippen LogP) is 4.99. The quantitative estimate of drug-likeness (QED) is 0.169. The molecule has 2 aromatic rings. The number of amides is 1. The molecule has 1 fully saturated rings. The number of benzene rings is 2. The minimum Gasteiger partial charge on any atom is -0.497 e. The Kier molecular flexibility index (Phi) is 11.9. The SMILES string of the molecule is COCCCN1CCOc2ccc(CO[C@H]3C(C(C)(C)C)N(C(=O)O)C[C@@H](OCC(C)O[N+](=O)[O-])[C@H]3c3ccc(OC)cc3)cc21. The van der Waals surface area contributed by atoms with Gasteiger partial charge < -0.3 is 38.5 Å². The number of anilines is 1. The third-order valence-electron chi connectivity index (χ3n) is 8.42. The van der Waals surface area contributed by atoms with E-state index in [2.05, 4.69) is 15.8 Å². The second-order valence-electron chi connectivity index (χ2n) is 12.8. The fourth-order valence-corrected chi connectivity index (χ4v) is 6.41. The number of fused-ring (bicyclic) bond motifs is 1. The van der Waals surface area contributed by atoms with Crippen LogP contribution in [0.1, 0.15) is 51.2 Å². The van der Waals surface area contributed by atoms with E-state index in [1.54, 1.807) is 14.2 Å². The van der Waals surface area contributed by atoms with E-state index in [9.17, 15) is 20.0 Å². The predicted molar refractivity (Wildman–Crippen MR) is 170 cm³/mol. The van der Waals surface area contributed by atoms with Crippen molar-refractivity contribution in [1.82, 2.24) is 4.90 Å². The molecule has 4 rings (SSSR count). The highest BCUT2D eigenvalue weighted by Gasteiger charge is 2.51. The van der Waals surface area contributed by atoms with Gasteiger partial charge in [0.25, 0.3) is 5.09 Å². The molecule has 13 heteroatoms. The van der Waals surface area contributed by atoms with Gasteiger partial charge in [0.15, 0.2) is 0 Å². The standard InChI is InChI=1S/C33H47N3O10/c1-22(46-36(39)40)20-44-28-19-35(32(37)38)31(33(2,3)4)30(29(28)24-9-11-25(42-6)12-10-24)45-21-23-8-13-27-26(18-23)34(15-17-43-27)14-7-16-41-5/h8-13,18,22,28-31H,7,14-17,19-21H2,1-6H3,(H,37,38)/t22?,28-,29-,30-,31?/m1/s1. The van der Waals surface area contributed by atoms with Crippen LogP contribution in [0.15, 0.2) is 42.5 Å². The third-order valence-corrected chi connectivity index (χ3v) is 8.42. The van der Waals surface area contributed by atoms with Gasteiger partial charge in [0, 0.05) is 26.2 Å². The van der Waals surface area contributed by atoms with Crippen molar-refractivity contribution in [3.05, 3.63) is 63.7 Å². The molecule has 0 aromatic heterocycles. The summed E-state index contributed by atoms with van der Waals surface area (Å²) in [6.45, 7) is 10.5. The molecule has 2 aliphatic rings. The van der Waals surface area contributed by atoms with Gasteiger partial charge in [0.1, 0.15) is 24.2 Å². The second-order valence-corrected chi connectivity index (χ2v) is 12.8. The number of ether oxygens (including phenoxy) is 5. The van der Waals surface area contributed by atoms with Crippen LogP contribution in [0, 0.1) is 15.5 Å². The normalized spacial score (nSPS) is 22.0. The molecule has 0 aliphatic carbocycles. The number of carbonyl (C=O) groups is 1. The van der Waals surface area contributed by atoms with Crippen LogP contribution in [0.3, 0.4) is 0 Å². The molecule has 5 atom stereocenters. The lowest BCUT2D eigenvalue weighted by molar-refractivity contribution is -0.768. The number of rotatable bonds is 14. The lowest BCUT2D eigenvalue weighted by Gasteiger charge is -2.52. The van der Waals surface area contributed by atoms with Crippen molar-refractivity contribution >= 4 is 11.8 Å². The zero-order valence-electron chi connectivity index (χ0n) is 27.5. The molecule has 2 unspecified atom stereocenters. The Hall–Kier alpha value is -3.81. The lowest BCUT2D eigenvalue weighted by Crippen LogP contribution is -2.64. The van der Waals surface area contributed by atoms with E-state index in [0.29, 0.717) is 19.0 Å². The first-order chi connectivity index (χ1) is 21.9. The van der Waals surface area contributed by atoms with Gasteiger partial charge in [-0.2, -0.15) is 0 Å². The first-order valence-corrected chi connectivity index (χ1v) is 15.6. The van der Waals surface area contributed by atoms with Crippen molar-refractivity contribution in [1.29, 1.82) is 0 Å². The van der Waals surface area contributed by atoms with Crippen molar-refractivity contribution < 1.29 is 43.5 Å². The lowest BCUT2D eigenvalue weighted by atomic mass is 9.71. The summed E-state index contributed by atoms with van der Waals surface area (Å²) < 4.78 is 29.6. The van der Waals surface area contributed by atoms with E-state index in [4.69, 9.17) is 23.7 Å². The monoisotopic (exact) mass is 645 g/mol. The largest absolute Gasteiger partial charge is 0.497 e. The Morgan fingerprint density at radius 2 is 1.89 bits per heavy atom. The Balaban J connectivity index is 1.70. The van der Waals surface area contributed by atoms with Crippen molar-refractivity contribution in [2.75, 3.05) is 58.6 Å². The molecular formula is C33H47N3O10. The Bertz CT molecular complexity index is 1300. The molecular weight excluding hydrogens is 598 g/mol. The first-order valence-electron chi connectivity index (χ1n) is 15.6. The summed E-state index contributed by atoms with van der Waals surface area (Å²) in [4.78, 5) is 32.0. The van der Waals surface area contributed by atoms with Crippen LogP contribution in [-0.4, -0.2) is 99.2 Å². The van der Waals surface area contributed by atoms with Crippen LogP contribution in [0.5, 0.6) is 11.5 Å². The van der Waals surface area contributed by atoms with Crippen LogP contribution in [0.2, 0.25) is 0 Å². The number of likely N-dealkylation sites (tertiary alicyclic amines) is 1. The molecule has 0 radical (unpaired) electrons. The Labute approximate surface area is 270 Å². The van der Waals surface area contributed by atoms with Gasteiger partial charge in [-0.25, -0.2) is 4.79 Å². The minimum atomic E-state index is -1.09. The van der Waals surface area contributed by atoms with Gasteiger partial charge in [0.05, 0.1) is 57.4 Å². The molecule has 0 saturated carbocycles. The van der Waals surface area contributed by atoms with Gasteiger partial charge in [0.2, 0.25) is 0 Å². The maximum Gasteiger partial charge on any atom is 0.407 e. The van der Waals surface area contributed by atoms with Crippen LogP contribution in [0.25, 0.3) is 0 Å². The molecule has 254 valence electrons. The van der Waals surface area contributed by atoms with E-state index >= 15 is 0 Å². The van der Waals surface area contributed by atoms with Crippen LogP contribution < -0.4 is 14.4 Å². The second kappa shape index (κ2) is 15.7. The molecule has 0 spiro atoms. The molecule has 13 nitrogen and oxygen atoms in total. The van der Waals surface area contributed by atoms with Gasteiger partial charge in [-0.15, -0.1) is 10.1 Å². The fraction of sp³-hybridized carbons (Fsp3) is 0.606. The van der Waals surface area contributed by atoms with Gasteiger partial charge >= 0.3 is 6.09 Å². The molecule has 2 heterocycles. The average molecular weight is 646 g/mol. The summed E-state index contributed by atoms with van der Waals surface area (Å²) in [6, 6.07) is 13.0. The maximum atomic E-state index is 12.7. The number of hydrogen-bond donors (Lipinski definition) is 1. The fourth-order valence-electron chi connectivity index (χ4n) is 6.41. The summed E-state index contributed by atoms with van der Waals surface area (Å²) in [6.07, 6.45) is -2.39. The van der Waals surface area contributed by atoms with Crippen LogP contribution in [-0.2, 0) is 25.7 Å². The van der Waals surface area contributed by atoms with Gasteiger partial charge in [-0.3, -0.25) is 4.90 Å². The van der Waals surface area contributed by atoms with E-state index in [1.165, 1.54) is 11.8 Å².